The van der Waals surface area contributed by atoms with Crippen LogP contribution in [0.25, 0.3) is 0 Å². The summed E-state index contributed by atoms with van der Waals surface area (Å²) in [6.45, 7) is 3.60. The maximum atomic E-state index is 12.1. The number of likely N-dealkylation sites (tertiary alicyclic amines) is 1. The monoisotopic (exact) mass is 358 g/mol. The molecule has 7 heteroatoms. The van der Waals surface area contributed by atoms with Crippen LogP contribution < -0.4 is 14.8 Å². The van der Waals surface area contributed by atoms with Gasteiger partial charge >= 0.3 is 0 Å². The predicted octanol–water partition coefficient (Wildman–Crippen LogP) is 1.83. The highest BCUT2D eigenvalue weighted by Crippen LogP contribution is 2.25. The number of rotatable bonds is 8. The van der Waals surface area contributed by atoms with Crippen molar-refractivity contribution < 1.29 is 14.3 Å². The van der Waals surface area contributed by atoms with Gasteiger partial charge in [0.25, 0.3) is 5.91 Å². The molecule has 1 fully saturated rings. The summed E-state index contributed by atoms with van der Waals surface area (Å²) in [6.07, 6.45) is 5.85. The highest BCUT2D eigenvalue weighted by atomic mass is 16.5. The average molecular weight is 358 g/mol. The van der Waals surface area contributed by atoms with Crippen molar-refractivity contribution in [2.75, 3.05) is 33.4 Å². The second-order valence-corrected chi connectivity index (χ2v) is 6.56. The van der Waals surface area contributed by atoms with E-state index in [-0.39, 0.29) is 12.5 Å². The van der Waals surface area contributed by atoms with Crippen LogP contribution in [-0.2, 0) is 11.3 Å². The van der Waals surface area contributed by atoms with Crippen LogP contribution in [0.3, 0.4) is 0 Å². The number of hydrogen-bond acceptors (Lipinski definition) is 5. The lowest BCUT2D eigenvalue weighted by Gasteiger charge is -2.32. The minimum Gasteiger partial charge on any atom is -0.493 e. The fraction of sp³-hybridized carbons (Fsp3) is 0.474. The highest BCUT2D eigenvalue weighted by molar-refractivity contribution is 5.77. The van der Waals surface area contributed by atoms with Crippen LogP contribution in [0.5, 0.6) is 11.5 Å². The van der Waals surface area contributed by atoms with Crippen molar-refractivity contribution in [2.45, 2.75) is 19.4 Å². The lowest BCUT2D eigenvalue weighted by Crippen LogP contribution is -2.41. The second kappa shape index (κ2) is 9.24. The number of carbonyl (C=O) groups excluding carboxylic acids is 1. The summed E-state index contributed by atoms with van der Waals surface area (Å²) < 4.78 is 10.8. The van der Waals surface area contributed by atoms with Crippen LogP contribution in [-0.4, -0.2) is 54.1 Å². The van der Waals surface area contributed by atoms with Crippen molar-refractivity contribution >= 4 is 5.91 Å². The van der Waals surface area contributed by atoms with E-state index in [1.165, 1.54) is 0 Å². The van der Waals surface area contributed by atoms with E-state index >= 15 is 0 Å². The lowest BCUT2D eigenvalue weighted by molar-refractivity contribution is -0.123. The number of ether oxygens (including phenoxy) is 2. The number of nitrogens with zero attached hydrogens (tertiary/aromatic N) is 2. The van der Waals surface area contributed by atoms with Crippen molar-refractivity contribution in [1.29, 1.82) is 0 Å². The molecule has 1 aliphatic heterocycles. The number of nitrogens with one attached hydrogen (secondary N) is 2. The first-order chi connectivity index (χ1) is 12.7. The third kappa shape index (κ3) is 5.23. The second-order valence-electron chi connectivity index (χ2n) is 6.56. The Kier molecular flexibility index (Phi) is 6.49. The van der Waals surface area contributed by atoms with E-state index in [1.54, 1.807) is 19.5 Å². The van der Waals surface area contributed by atoms with Gasteiger partial charge in [-0.15, -0.1) is 0 Å². The molecule has 1 atom stereocenters. The van der Waals surface area contributed by atoms with Crippen LogP contribution in [0.2, 0.25) is 0 Å². The Bertz CT molecular complexity index is 690. The topological polar surface area (TPSA) is 79.5 Å². The highest BCUT2D eigenvalue weighted by Gasteiger charge is 2.21. The van der Waals surface area contributed by atoms with E-state index in [9.17, 15) is 4.79 Å². The molecule has 0 spiro atoms. The zero-order valence-electron chi connectivity index (χ0n) is 15.1. The number of piperidine rings is 1. The molecule has 0 radical (unpaired) electrons. The number of imidazole rings is 1. The van der Waals surface area contributed by atoms with Gasteiger partial charge < -0.3 is 19.8 Å². The quantitative estimate of drug-likeness (QED) is 0.753. The summed E-state index contributed by atoms with van der Waals surface area (Å²) in [7, 11) is 1.58. The number of aromatic nitrogens is 2. The molecule has 1 saturated heterocycles. The third-order valence-electron chi connectivity index (χ3n) is 4.57. The summed E-state index contributed by atoms with van der Waals surface area (Å²) in [5.41, 5.74) is 1.12. The molecule has 1 aromatic heterocycles. The molecule has 26 heavy (non-hydrogen) atoms. The summed E-state index contributed by atoms with van der Waals surface area (Å²) in [5.74, 6) is 1.55. The third-order valence-corrected chi connectivity index (χ3v) is 4.57. The first kappa shape index (κ1) is 18.3. The van der Waals surface area contributed by atoms with Crippen molar-refractivity contribution in [1.82, 2.24) is 20.2 Å². The van der Waals surface area contributed by atoms with E-state index in [0.717, 1.165) is 38.2 Å². The Morgan fingerprint density at radius 2 is 2.23 bits per heavy atom. The molecule has 140 valence electrons. The number of methoxy groups -OCH3 is 1. The average Bonchev–Trinajstić information content (AvgIpc) is 3.18. The van der Waals surface area contributed by atoms with Gasteiger partial charge in [-0.1, -0.05) is 12.1 Å². The van der Waals surface area contributed by atoms with Crippen molar-refractivity contribution in [3.8, 4) is 11.5 Å². The van der Waals surface area contributed by atoms with Gasteiger partial charge in [-0.3, -0.25) is 9.69 Å². The molecule has 1 aromatic carbocycles. The van der Waals surface area contributed by atoms with Gasteiger partial charge in [-0.25, -0.2) is 4.98 Å². The molecule has 0 aliphatic carbocycles. The van der Waals surface area contributed by atoms with Crippen LogP contribution >= 0.6 is 0 Å². The van der Waals surface area contributed by atoms with E-state index in [0.29, 0.717) is 24.0 Å². The molecule has 0 unspecified atom stereocenters. The van der Waals surface area contributed by atoms with Gasteiger partial charge in [0, 0.05) is 31.5 Å². The molecule has 2 heterocycles. The van der Waals surface area contributed by atoms with Gasteiger partial charge in [0.05, 0.1) is 13.4 Å². The molecule has 1 aliphatic rings. The molecule has 7 nitrogen and oxygen atoms in total. The van der Waals surface area contributed by atoms with E-state index in [1.807, 2.05) is 24.4 Å². The van der Waals surface area contributed by atoms with Gasteiger partial charge in [0.2, 0.25) is 0 Å². The number of hydrogen-bond donors (Lipinski definition) is 2. The van der Waals surface area contributed by atoms with Crippen molar-refractivity contribution in [3.63, 3.8) is 0 Å². The summed E-state index contributed by atoms with van der Waals surface area (Å²) >= 11 is 0. The van der Waals surface area contributed by atoms with Crippen molar-refractivity contribution in [2.24, 2.45) is 5.92 Å². The normalized spacial score (nSPS) is 17.7. The fourth-order valence-electron chi connectivity index (χ4n) is 3.26. The lowest BCUT2D eigenvalue weighted by atomic mass is 9.98. The summed E-state index contributed by atoms with van der Waals surface area (Å²) in [4.78, 5) is 21.7. The van der Waals surface area contributed by atoms with Gasteiger partial charge in [0.15, 0.2) is 18.1 Å². The van der Waals surface area contributed by atoms with Gasteiger partial charge in [-0.05, 0) is 37.4 Å². The van der Waals surface area contributed by atoms with E-state index < -0.39 is 0 Å². The minimum atomic E-state index is -0.110. The van der Waals surface area contributed by atoms with E-state index in [2.05, 4.69) is 20.2 Å². The number of benzene rings is 1. The summed E-state index contributed by atoms with van der Waals surface area (Å²) in [6, 6.07) is 7.32. The zero-order valence-corrected chi connectivity index (χ0v) is 15.1. The molecule has 0 bridgehead atoms. The SMILES string of the molecule is COc1ccccc1OCC(=O)NC[C@H]1CCCN(Cc2cnc[nH]2)C1. The molecule has 3 rings (SSSR count). The van der Waals surface area contributed by atoms with Crippen LogP contribution in [0, 0.1) is 5.92 Å². The first-order valence-corrected chi connectivity index (χ1v) is 8.96. The molecule has 0 saturated carbocycles. The zero-order chi connectivity index (χ0) is 18.2. The molecule has 2 N–H and O–H groups in total. The number of H-pyrrole nitrogens is 1. The Hall–Kier alpha value is -2.54. The van der Waals surface area contributed by atoms with Crippen LogP contribution in [0.15, 0.2) is 36.8 Å². The number of amides is 1. The maximum absolute atomic E-state index is 12.1. The Labute approximate surface area is 153 Å². The Morgan fingerprint density at radius 1 is 1.38 bits per heavy atom. The Morgan fingerprint density at radius 3 is 3.00 bits per heavy atom. The first-order valence-electron chi connectivity index (χ1n) is 8.96. The fourth-order valence-corrected chi connectivity index (χ4v) is 3.26. The van der Waals surface area contributed by atoms with Crippen molar-refractivity contribution in [3.05, 3.63) is 42.5 Å². The van der Waals surface area contributed by atoms with Crippen LogP contribution in [0.1, 0.15) is 18.5 Å². The number of aromatic amines is 1. The Balaban J connectivity index is 1.39. The predicted molar refractivity (Wildman–Crippen MR) is 98.1 cm³/mol. The van der Waals surface area contributed by atoms with E-state index in [4.69, 9.17) is 9.47 Å². The number of para-hydroxylation sites is 2. The minimum absolute atomic E-state index is 0.00898. The summed E-state index contributed by atoms with van der Waals surface area (Å²) in [5, 5.41) is 2.99. The molecular formula is C19H26N4O3. The maximum Gasteiger partial charge on any atom is 0.257 e. The molecule has 1 amide bonds. The standard InChI is InChI=1S/C19H26N4O3/c1-25-17-6-2-3-7-18(17)26-13-19(24)21-9-15-5-4-8-23(11-15)12-16-10-20-14-22-16/h2-3,6-7,10,14-15H,4-5,8-9,11-13H2,1H3,(H,20,22)(H,21,24)/t15-/m1/s1. The largest absolute Gasteiger partial charge is 0.493 e. The van der Waals surface area contributed by atoms with Gasteiger partial charge in [-0.2, -0.15) is 0 Å². The van der Waals surface area contributed by atoms with Crippen LogP contribution in [0.4, 0.5) is 0 Å². The molecule has 2 aromatic rings. The van der Waals surface area contributed by atoms with Gasteiger partial charge in [0.1, 0.15) is 0 Å². The number of carbonyl (C=O) groups is 1. The smallest absolute Gasteiger partial charge is 0.257 e. The molecular weight excluding hydrogens is 332 g/mol.